The number of amides is 1. The van der Waals surface area contributed by atoms with Crippen molar-refractivity contribution in [3.8, 4) is 0 Å². The molecule has 7 heteroatoms. The first kappa shape index (κ1) is 19.0. The number of hydrogen-bond acceptors (Lipinski definition) is 3. The van der Waals surface area contributed by atoms with Gasteiger partial charge < -0.3 is 10.2 Å². The van der Waals surface area contributed by atoms with Crippen molar-refractivity contribution in [2.45, 2.75) is 12.6 Å². The molecule has 1 unspecified atom stereocenters. The third-order valence-electron chi connectivity index (χ3n) is 3.90. The highest BCUT2D eigenvalue weighted by Gasteiger charge is 2.20. The van der Waals surface area contributed by atoms with E-state index in [4.69, 9.17) is 11.6 Å². The summed E-state index contributed by atoms with van der Waals surface area (Å²) in [5.41, 5.74) is 0.866. The molecule has 0 bridgehead atoms. The van der Waals surface area contributed by atoms with Gasteiger partial charge in [-0.3, -0.25) is 4.79 Å². The van der Waals surface area contributed by atoms with Gasteiger partial charge >= 0.3 is 0 Å². The Morgan fingerprint density at radius 2 is 2.00 bits per heavy atom. The van der Waals surface area contributed by atoms with Crippen molar-refractivity contribution in [2.24, 2.45) is 0 Å². The van der Waals surface area contributed by atoms with E-state index in [1.807, 2.05) is 36.7 Å². The van der Waals surface area contributed by atoms with E-state index in [1.54, 1.807) is 23.5 Å². The van der Waals surface area contributed by atoms with E-state index in [0.29, 0.717) is 6.54 Å². The maximum atomic E-state index is 13.2. The number of benzene rings is 1. The molecule has 3 rings (SSSR count). The van der Waals surface area contributed by atoms with Crippen molar-refractivity contribution in [1.29, 1.82) is 0 Å². The predicted molar refractivity (Wildman–Crippen MR) is 105 cm³/mol. The number of carbonyl (C=O) groups excluding carboxylic acids is 1. The predicted octanol–water partition coefficient (Wildman–Crippen LogP) is 3.52. The van der Waals surface area contributed by atoms with Crippen molar-refractivity contribution in [3.05, 3.63) is 79.4 Å². The van der Waals surface area contributed by atoms with E-state index >= 15 is 0 Å². The number of thiophene rings is 2. The Bertz CT molecular complexity index is 849. The summed E-state index contributed by atoms with van der Waals surface area (Å²) in [7, 11) is 1.98. The fourth-order valence-electron chi connectivity index (χ4n) is 2.72. The molecule has 0 fully saturated rings. The average molecular weight is 410 g/mol. The summed E-state index contributed by atoms with van der Waals surface area (Å²) in [4.78, 5) is 15.8. The largest absolute Gasteiger partial charge is 0.339 e. The molecule has 26 heavy (non-hydrogen) atoms. The zero-order valence-electron chi connectivity index (χ0n) is 14.2. The Morgan fingerprint density at radius 1 is 1.23 bits per heavy atom. The Morgan fingerprint density at radius 3 is 2.62 bits per heavy atom. The Hall–Kier alpha value is -1.73. The molecule has 2 heterocycles. The van der Waals surface area contributed by atoms with Crippen LogP contribution in [0.5, 0.6) is 0 Å². The van der Waals surface area contributed by atoms with E-state index in [9.17, 15) is 9.18 Å². The van der Waals surface area contributed by atoms with Crippen molar-refractivity contribution in [3.63, 3.8) is 0 Å². The van der Waals surface area contributed by atoms with Crippen LogP contribution in [0.15, 0.2) is 53.9 Å². The fraction of sp³-hybridized carbons (Fsp3) is 0.211. The maximum Gasteiger partial charge on any atom is 0.275 e. The van der Waals surface area contributed by atoms with Crippen LogP contribution in [-0.4, -0.2) is 19.5 Å². The standard InChI is InChI=1S/C19H18ClFN2OS2/c1-23(11-15-8-9-17(20)26-15)12-18(24)22-19(16-3-2-10-25-16)13-4-6-14(21)7-5-13/h2-10,19H,11-12H2,1H3,(H,22,24)/p+1/t19-/m0/s1. The summed E-state index contributed by atoms with van der Waals surface area (Å²) in [6.45, 7) is 1.09. The highest BCUT2D eigenvalue weighted by molar-refractivity contribution is 7.16. The van der Waals surface area contributed by atoms with Crippen LogP contribution < -0.4 is 10.2 Å². The molecule has 0 aliphatic heterocycles. The highest BCUT2D eigenvalue weighted by Crippen LogP contribution is 2.26. The summed E-state index contributed by atoms with van der Waals surface area (Å²) >= 11 is 9.06. The molecule has 0 aliphatic rings. The lowest BCUT2D eigenvalue weighted by atomic mass is 10.1. The van der Waals surface area contributed by atoms with Gasteiger partial charge in [-0.25, -0.2) is 4.39 Å². The van der Waals surface area contributed by atoms with E-state index in [-0.39, 0.29) is 17.8 Å². The highest BCUT2D eigenvalue weighted by atomic mass is 35.5. The lowest BCUT2D eigenvalue weighted by Gasteiger charge is -2.19. The van der Waals surface area contributed by atoms with E-state index < -0.39 is 0 Å². The zero-order chi connectivity index (χ0) is 18.5. The first-order chi connectivity index (χ1) is 12.5. The molecule has 136 valence electrons. The summed E-state index contributed by atoms with van der Waals surface area (Å²) in [5, 5.41) is 5.05. The Kier molecular flexibility index (Phi) is 6.43. The third-order valence-corrected chi connectivity index (χ3v) is 6.07. The summed E-state index contributed by atoms with van der Waals surface area (Å²) in [6.07, 6.45) is 0. The number of halogens is 2. The Labute approximate surface area is 165 Å². The molecule has 3 nitrogen and oxygen atoms in total. The van der Waals surface area contributed by atoms with Crippen LogP contribution in [0.1, 0.15) is 21.4 Å². The van der Waals surface area contributed by atoms with E-state index in [0.717, 1.165) is 31.1 Å². The van der Waals surface area contributed by atoms with E-state index in [2.05, 4.69) is 5.32 Å². The second kappa shape index (κ2) is 8.77. The zero-order valence-corrected chi connectivity index (χ0v) is 16.6. The minimum Gasteiger partial charge on any atom is -0.339 e. The molecule has 0 saturated carbocycles. The maximum absolute atomic E-state index is 13.2. The fourth-order valence-corrected chi connectivity index (χ4v) is 4.73. The van der Waals surface area contributed by atoms with Crippen molar-refractivity contribution in [1.82, 2.24) is 5.32 Å². The van der Waals surface area contributed by atoms with Crippen LogP contribution in [0.25, 0.3) is 0 Å². The van der Waals surface area contributed by atoms with Gasteiger partial charge in [0, 0.05) is 4.88 Å². The number of hydrogen-bond donors (Lipinski definition) is 2. The molecule has 0 radical (unpaired) electrons. The summed E-state index contributed by atoms with van der Waals surface area (Å²) in [5.74, 6) is -0.336. The number of likely N-dealkylation sites (N-methyl/N-ethyl adjacent to an activating group) is 1. The molecule has 0 spiro atoms. The third kappa shape index (κ3) is 5.14. The van der Waals surface area contributed by atoms with Gasteiger partial charge in [-0.05, 0) is 41.3 Å². The number of nitrogens with one attached hydrogen (secondary N) is 2. The van der Waals surface area contributed by atoms with Crippen molar-refractivity contribution in [2.75, 3.05) is 13.6 Å². The molecule has 2 aromatic heterocycles. The summed E-state index contributed by atoms with van der Waals surface area (Å²) in [6, 6.07) is 13.8. The molecule has 0 aliphatic carbocycles. The van der Waals surface area contributed by atoms with Gasteiger partial charge in [0.1, 0.15) is 12.4 Å². The van der Waals surface area contributed by atoms with Gasteiger partial charge in [0.05, 0.1) is 22.3 Å². The number of rotatable bonds is 7. The van der Waals surface area contributed by atoms with Crippen LogP contribution in [0.3, 0.4) is 0 Å². The lowest BCUT2D eigenvalue weighted by molar-refractivity contribution is -0.885. The summed E-state index contributed by atoms with van der Waals surface area (Å²) < 4.78 is 14.0. The first-order valence-electron chi connectivity index (χ1n) is 8.15. The Balaban J connectivity index is 1.66. The molecular formula is C19H19ClFN2OS2+. The molecule has 0 saturated heterocycles. The minimum atomic E-state index is -0.288. The van der Waals surface area contributed by atoms with Gasteiger partial charge in [0.15, 0.2) is 6.54 Å². The SMILES string of the molecule is C[NH+](CC(=O)N[C@@H](c1ccc(F)cc1)c1cccs1)Cc1ccc(Cl)s1. The monoisotopic (exact) mass is 409 g/mol. The second-order valence-electron chi connectivity index (χ2n) is 6.08. The van der Waals surface area contributed by atoms with Crippen LogP contribution in [0.2, 0.25) is 4.34 Å². The molecule has 2 atom stereocenters. The smallest absolute Gasteiger partial charge is 0.275 e. The second-order valence-corrected chi connectivity index (χ2v) is 8.86. The van der Waals surface area contributed by atoms with Crippen molar-refractivity contribution >= 4 is 40.2 Å². The van der Waals surface area contributed by atoms with Gasteiger partial charge in [0.25, 0.3) is 5.91 Å². The lowest BCUT2D eigenvalue weighted by Crippen LogP contribution is -3.08. The quantitative estimate of drug-likeness (QED) is 0.615. The molecule has 1 aromatic carbocycles. The van der Waals surface area contributed by atoms with Crippen molar-refractivity contribution < 1.29 is 14.1 Å². The molecule has 1 amide bonds. The molecule has 2 N–H and O–H groups in total. The van der Waals surface area contributed by atoms with E-state index in [1.165, 1.54) is 23.5 Å². The van der Waals surface area contributed by atoms with Gasteiger partial charge in [-0.2, -0.15) is 0 Å². The van der Waals surface area contributed by atoms with Crippen LogP contribution in [0, 0.1) is 5.82 Å². The van der Waals surface area contributed by atoms with Gasteiger partial charge in [-0.15, -0.1) is 22.7 Å². The molecular weight excluding hydrogens is 391 g/mol. The average Bonchev–Trinajstić information content (AvgIpc) is 3.25. The number of quaternary nitrogens is 1. The van der Waals surface area contributed by atoms with Crippen LogP contribution in [-0.2, 0) is 11.3 Å². The first-order valence-corrected chi connectivity index (χ1v) is 10.2. The normalized spacial score (nSPS) is 13.3. The molecule has 3 aromatic rings. The topological polar surface area (TPSA) is 33.5 Å². The minimum absolute atomic E-state index is 0.0483. The van der Waals surface area contributed by atoms with Gasteiger partial charge in [0.2, 0.25) is 0 Å². The van der Waals surface area contributed by atoms with Gasteiger partial charge in [-0.1, -0.05) is 29.8 Å². The van der Waals surface area contributed by atoms with Crippen LogP contribution in [0.4, 0.5) is 4.39 Å². The van der Waals surface area contributed by atoms with Crippen LogP contribution >= 0.6 is 34.3 Å². The number of carbonyl (C=O) groups is 1.